The minimum absolute atomic E-state index is 0.170. The lowest BCUT2D eigenvalue weighted by atomic mass is 9.78. The molecule has 1 aliphatic heterocycles. The molecule has 28 heavy (non-hydrogen) atoms. The summed E-state index contributed by atoms with van der Waals surface area (Å²) in [5.41, 5.74) is 3.54. The van der Waals surface area contributed by atoms with Gasteiger partial charge in [-0.1, -0.05) is 23.7 Å². The Hall–Kier alpha value is -2.24. The predicted octanol–water partition coefficient (Wildman–Crippen LogP) is 5.10. The molecule has 1 N–H and O–H groups in total. The third-order valence-electron chi connectivity index (χ3n) is 6.07. The van der Waals surface area contributed by atoms with Crippen LogP contribution in [0.3, 0.4) is 0 Å². The van der Waals surface area contributed by atoms with E-state index in [1.807, 2.05) is 24.3 Å². The molecule has 0 bridgehead atoms. The number of fused-ring (bicyclic) bond motifs is 3. The highest BCUT2D eigenvalue weighted by atomic mass is 35.5. The number of halogens is 2. The summed E-state index contributed by atoms with van der Waals surface area (Å²) in [6, 6.07) is 13.0. The van der Waals surface area contributed by atoms with Crippen molar-refractivity contribution in [2.24, 2.45) is 0 Å². The fourth-order valence-electron chi connectivity index (χ4n) is 4.61. The van der Waals surface area contributed by atoms with E-state index in [-0.39, 0.29) is 5.82 Å². The Kier molecular flexibility index (Phi) is 4.65. The van der Waals surface area contributed by atoms with Gasteiger partial charge in [0.15, 0.2) is 5.82 Å². The molecule has 5 rings (SSSR count). The Morgan fingerprint density at radius 1 is 0.929 bits per heavy atom. The highest BCUT2D eigenvalue weighted by Gasteiger charge is 2.29. The normalized spacial score (nSPS) is 21.6. The van der Waals surface area contributed by atoms with Gasteiger partial charge in [0.05, 0.1) is 12.2 Å². The van der Waals surface area contributed by atoms with Crippen molar-refractivity contribution in [2.75, 3.05) is 0 Å². The number of hydrogen-bond donors (Lipinski definition) is 1. The number of nitrogens with zero attached hydrogens (tertiary/aromatic N) is 3. The molecule has 1 aliphatic carbocycles. The van der Waals surface area contributed by atoms with Crippen LogP contribution in [0.25, 0.3) is 5.69 Å². The molecule has 4 nitrogen and oxygen atoms in total. The zero-order chi connectivity index (χ0) is 19.1. The largest absolute Gasteiger partial charge is 0.306 e. The zero-order valence-electron chi connectivity index (χ0n) is 15.5. The molecule has 2 heterocycles. The molecular formula is C22H22ClFN4. The monoisotopic (exact) mass is 396 g/mol. The molecule has 3 aromatic rings. The van der Waals surface area contributed by atoms with E-state index in [4.69, 9.17) is 11.6 Å². The minimum Gasteiger partial charge on any atom is -0.306 e. The van der Waals surface area contributed by atoms with Crippen molar-refractivity contribution in [2.45, 2.75) is 50.6 Å². The summed E-state index contributed by atoms with van der Waals surface area (Å²) in [4.78, 5) is 0. The maximum Gasteiger partial charge on any atom is 0.151 e. The zero-order valence-corrected chi connectivity index (χ0v) is 16.3. The van der Waals surface area contributed by atoms with Crippen molar-refractivity contribution in [1.29, 1.82) is 0 Å². The van der Waals surface area contributed by atoms with Gasteiger partial charge in [-0.3, -0.25) is 4.57 Å². The van der Waals surface area contributed by atoms with Gasteiger partial charge in [-0.15, -0.1) is 10.2 Å². The van der Waals surface area contributed by atoms with Crippen molar-refractivity contribution >= 4 is 11.6 Å². The second-order valence-corrected chi connectivity index (χ2v) is 8.22. The van der Waals surface area contributed by atoms with E-state index in [1.165, 1.54) is 11.1 Å². The first-order valence-electron chi connectivity index (χ1n) is 9.88. The molecule has 1 saturated carbocycles. The van der Waals surface area contributed by atoms with Crippen molar-refractivity contribution in [1.82, 2.24) is 20.1 Å². The third-order valence-corrected chi connectivity index (χ3v) is 6.30. The molecule has 1 fully saturated rings. The van der Waals surface area contributed by atoms with Gasteiger partial charge in [-0.05, 0) is 73.1 Å². The summed E-state index contributed by atoms with van der Waals surface area (Å²) in [6.07, 6.45) is 4.31. The van der Waals surface area contributed by atoms with Crippen LogP contribution in [-0.4, -0.2) is 14.8 Å². The van der Waals surface area contributed by atoms with Gasteiger partial charge in [0.25, 0.3) is 0 Å². The van der Waals surface area contributed by atoms with Crippen LogP contribution in [0.5, 0.6) is 0 Å². The van der Waals surface area contributed by atoms with Crippen LogP contribution < -0.4 is 5.32 Å². The molecule has 2 aromatic carbocycles. The molecule has 0 radical (unpaired) electrons. The third kappa shape index (κ3) is 3.23. The predicted molar refractivity (Wildman–Crippen MR) is 107 cm³/mol. The van der Waals surface area contributed by atoms with Crippen molar-refractivity contribution < 1.29 is 4.39 Å². The Morgan fingerprint density at radius 3 is 2.46 bits per heavy atom. The second-order valence-electron chi connectivity index (χ2n) is 7.79. The fraction of sp³-hybridized carbons (Fsp3) is 0.364. The van der Waals surface area contributed by atoms with E-state index >= 15 is 0 Å². The lowest BCUT2D eigenvalue weighted by molar-refractivity contribution is 0.382. The van der Waals surface area contributed by atoms with E-state index in [1.54, 1.807) is 12.1 Å². The number of rotatable bonds is 2. The van der Waals surface area contributed by atoms with Gasteiger partial charge >= 0.3 is 0 Å². The first-order chi connectivity index (χ1) is 13.7. The molecule has 0 saturated heterocycles. The van der Waals surface area contributed by atoms with Crippen LogP contribution in [-0.2, 0) is 13.1 Å². The highest BCUT2D eigenvalue weighted by Crippen LogP contribution is 2.41. The average Bonchev–Trinajstić information content (AvgIpc) is 3.04. The SMILES string of the molecule is Fc1ccc([C@H]2CC[C@H](c3nnc4n3-c3ccc(Cl)cc3CNC4)CC2)cc1. The Balaban J connectivity index is 1.41. The van der Waals surface area contributed by atoms with E-state index in [9.17, 15) is 4.39 Å². The minimum atomic E-state index is -0.170. The van der Waals surface area contributed by atoms with Crippen molar-refractivity contribution in [3.8, 4) is 5.69 Å². The number of nitrogens with one attached hydrogen (secondary N) is 1. The number of benzene rings is 2. The first-order valence-corrected chi connectivity index (χ1v) is 10.3. The molecular weight excluding hydrogens is 375 g/mol. The smallest absolute Gasteiger partial charge is 0.151 e. The maximum absolute atomic E-state index is 13.2. The second kappa shape index (κ2) is 7.30. The highest BCUT2D eigenvalue weighted by molar-refractivity contribution is 6.30. The molecule has 2 aliphatic rings. The molecule has 0 unspecified atom stereocenters. The van der Waals surface area contributed by atoms with Gasteiger partial charge in [0.1, 0.15) is 11.6 Å². The molecule has 0 spiro atoms. The van der Waals surface area contributed by atoms with Crippen LogP contribution in [0, 0.1) is 5.82 Å². The van der Waals surface area contributed by atoms with Crippen LogP contribution in [0.15, 0.2) is 42.5 Å². The summed E-state index contributed by atoms with van der Waals surface area (Å²) in [5.74, 6) is 2.73. The topological polar surface area (TPSA) is 42.7 Å². The van der Waals surface area contributed by atoms with Gasteiger partial charge < -0.3 is 5.32 Å². The van der Waals surface area contributed by atoms with Gasteiger partial charge in [-0.2, -0.15) is 0 Å². The van der Waals surface area contributed by atoms with Gasteiger partial charge in [0, 0.05) is 17.5 Å². The van der Waals surface area contributed by atoms with Crippen LogP contribution in [0.4, 0.5) is 4.39 Å². The van der Waals surface area contributed by atoms with E-state index in [0.29, 0.717) is 18.4 Å². The fourth-order valence-corrected chi connectivity index (χ4v) is 4.81. The summed E-state index contributed by atoms with van der Waals surface area (Å²) >= 11 is 6.21. The Morgan fingerprint density at radius 2 is 1.68 bits per heavy atom. The van der Waals surface area contributed by atoms with E-state index < -0.39 is 0 Å². The Labute approximate surface area is 168 Å². The van der Waals surface area contributed by atoms with E-state index in [0.717, 1.165) is 54.6 Å². The summed E-state index contributed by atoms with van der Waals surface area (Å²) < 4.78 is 15.4. The maximum atomic E-state index is 13.2. The molecule has 0 atom stereocenters. The Bertz CT molecular complexity index is 990. The summed E-state index contributed by atoms with van der Waals surface area (Å²) in [5, 5.41) is 13.2. The quantitative estimate of drug-likeness (QED) is 0.655. The lowest BCUT2D eigenvalue weighted by Crippen LogP contribution is -2.17. The van der Waals surface area contributed by atoms with Gasteiger partial charge in [0.2, 0.25) is 0 Å². The molecule has 0 amide bonds. The van der Waals surface area contributed by atoms with Crippen LogP contribution in [0.1, 0.15) is 60.3 Å². The van der Waals surface area contributed by atoms with E-state index in [2.05, 4.69) is 26.1 Å². The first kappa shape index (κ1) is 17.8. The molecule has 1 aromatic heterocycles. The lowest BCUT2D eigenvalue weighted by Gasteiger charge is -2.28. The average molecular weight is 397 g/mol. The number of hydrogen-bond acceptors (Lipinski definition) is 3. The van der Waals surface area contributed by atoms with Crippen LogP contribution >= 0.6 is 11.6 Å². The number of aromatic nitrogens is 3. The van der Waals surface area contributed by atoms with Crippen molar-refractivity contribution in [3.63, 3.8) is 0 Å². The van der Waals surface area contributed by atoms with Gasteiger partial charge in [-0.25, -0.2) is 4.39 Å². The van der Waals surface area contributed by atoms with Crippen LogP contribution in [0.2, 0.25) is 5.02 Å². The van der Waals surface area contributed by atoms with Crippen molar-refractivity contribution in [3.05, 3.63) is 76.1 Å². The summed E-state index contributed by atoms with van der Waals surface area (Å²) in [6.45, 7) is 1.47. The summed E-state index contributed by atoms with van der Waals surface area (Å²) in [7, 11) is 0. The standard InChI is InChI=1S/C22H22ClFN4/c23-18-7-10-20-17(11-18)12-25-13-21-26-27-22(28(20)21)16-3-1-14(2-4-16)15-5-8-19(24)9-6-15/h5-11,14,16,25H,1-4,12-13H2/t14-,16-. The molecule has 144 valence electrons. The molecule has 6 heteroatoms.